The van der Waals surface area contributed by atoms with Crippen LogP contribution in [0.3, 0.4) is 0 Å². The lowest BCUT2D eigenvalue weighted by Gasteiger charge is -2.19. The molecule has 0 unspecified atom stereocenters. The van der Waals surface area contributed by atoms with Crippen LogP contribution in [0.4, 0.5) is 4.79 Å². The van der Waals surface area contributed by atoms with Crippen molar-refractivity contribution in [3.8, 4) is 0 Å². The number of hydrazone groups is 1. The number of carbonyl (C=O) groups is 2. The minimum Gasteiger partial charge on any atom is -0.327 e. The molecule has 1 atom stereocenters. The largest absolute Gasteiger partial charge is 0.335 e. The Morgan fingerprint density at radius 1 is 1.25 bits per heavy atom. The highest BCUT2D eigenvalue weighted by Gasteiger charge is 2.22. The van der Waals surface area contributed by atoms with Crippen molar-refractivity contribution in [1.82, 2.24) is 10.7 Å². The van der Waals surface area contributed by atoms with E-state index in [1.807, 2.05) is 44.2 Å². The van der Waals surface area contributed by atoms with Crippen molar-refractivity contribution < 1.29 is 9.59 Å². The van der Waals surface area contributed by atoms with Crippen LogP contribution < -0.4 is 10.7 Å². The third-order valence-electron chi connectivity index (χ3n) is 2.83. The van der Waals surface area contributed by atoms with Crippen LogP contribution in [0.25, 0.3) is 0 Å². The number of nitrogens with zero attached hydrogens (tertiary/aromatic N) is 1. The standard InChI is InChI=1S/C15H21N3O2/c1-4-13(19)14(11(2)3)17-15(20)18-16-10-12-8-6-5-7-9-12/h5-11,14H,4H2,1-3H3,(H2,17,18,20)/b16-10+/t14-/m1/s1. The molecule has 20 heavy (non-hydrogen) atoms. The molecule has 0 saturated carbocycles. The Kier molecular flexibility index (Phi) is 6.43. The number of nitrogens with one attached hydrogen (secondary N) is 2. The smallest absolute Gasteiger partial charge is 0.327 e. The number of benzene rings is 1. The first-order valence-electron chi connectivity index (χ1n) is 6.72. The van der Waals surface area contributed by atoms with E-state index in [4.69, 9.17) is 0 Å². The third-order valence-corrected chi connectivity index (χ3v) is 2.83. The average Bonchev–Trinajstić information content (AvgIpc) is 2.45. The SMILES string of the molecule is CCC(=O)[C@H](NC(=O)N/N=C/c1ccccc1)C(C)C. The van der Waals surface area contributed by atoms with Crippen LogP contribution in [-0.2, 0) is 4.79 Å². The fraction of sp³-hybridized carbons (Fsp3) is 0.400. The summed E-state index contributed by atoms with van der Waals surface area (Å²) >= 11 is 0. The number of hydrogen-bond acceptors (Lipinski definition) is 3. The molecular formula is C15H21N3O2. The predicted molar refractivity (Wildman–Crippen MR) is 79.6 cm³/mol. The van der Waals surface area contributed by atoms with Crippen LogP contribution in [0.15, 0.2) is 35.4 Å². The van der Waals surface area contributed by atoms with Crippen LogP contribution in [0.1, 0.15) is 32.8 Å². The van der Waals surface area contributed by atoms with Crippen molar-refractivity contribution in [2.45, 2.75) is 33.2 Å². The maximum absolute atomic E-state index is 11.7. The van der Waals surface area contributed by atoms with E-state index >= 15 is 0 Å². The molecule has 0 fully saturated rings. The summed E-state index contributed by atoms with van der Waals surface area (Å²) < 4.78 is 0. The summed E-state index contributed by atoms with van der Waals surface area (Å²) in [5, 5.41) is 6.48. The maximum Gasteiger partial charge on any atom is 0.335 e. The zero-order valence-corrected chi connectivity index (χ0v) is 12.1. The minimum atomic E-state index is -0.480. The van der Waals surface area contributed by atoms with E-state index in [1.165, 1.54) is 0 Å². The zero-order chi connectivity index (χ0) is 15.0. The highest BCUT2D eigenvalue weighted by Crippen LogP contribution is 2.04. The summed E-state index contributed by atoms with van der Waals surface area (Å²) in [4.78, 5) is 23.4. The molecule has 0 radical (unpaired) electrons. The summed E-state index contributed by atoms with van der Waals surface area (Å²) in [6.45, 7) is 5.57. The average molecular weight is 275 g/mol. The molecule has 0 heterocycles. The van der Waals surface area contributed by atoms with Gasteiger partial charge in [-0.15, -0.1) is 0 Å². The fourth-order valence-electron chi connectivity index (χ4n) is 1.72. The summed E-state index contributed by atoms with van der Waals surface area (Å²) in [5.74, 6) is 0.0634. The van der Waals surface area contributed by atoms with Crippen LogP contribution in [0.2, 0.25) is 0 Å². The van der Waals surface area contributed by atoms with Gasteiger partial charge in [0, 0.05) is 6.42 Å². The first-order chi connectivity index (χ1) is 9.54. The van der Waals surface area contributed by atoms with Gasteiger partial charge in [-0.1, -0.05) is 51.1 Å². The lowest BCUT2D eigenvalue weighted by molar-refractivity contribution is -0.121. The van der Waals surface area contributed by atoms with Gasteiger partial charge in [0.2, 0.25) is 0 Å². The van der Waals surface area contributed by atoms with Gasteiger partial charge in [-0.25, -0.2) is 10.2 Å². The highest BCUT2D eigenvalue weighted by atomic mass is 16.2. The van der Waals surface area contributed by atoms with Gasteiger partial charge < -0.3 is 5.32 Å². The number of rotatable bonds is 6. The molecule has 0 aliphatic carbocycles. The van der Waals surface area contributed by atoms with E-state index in [2.05, 4.69) is 15.8 Å². The van der Waals surface area contributed by atoms with Gasteiger partial charge in [0.1, 0.15) is 0 Å². The maximum atomic E-state index is 11.7. The molecule has 1 aromatic carbocycles. The zero-order valence-electron chi connectivity index (χ0n) is 12.1. The molecule has 1 rings (SSSR count). The molecule has 108 valence electrons. The molecule has 1 aromatic rings. The second-order valence-corrected chi connectivity index (χ2v) is 4.80. The Bertz CT molecular complexity index is 469. The molecule has 2 N–H and O–H groups in total. The van der Waals surface area contributed by atoms with E-state index in [0.29, 0.717) is 6.42 Å². The van der Waals surface area contributed by atoms with E-state index in [9.17, 15) is 9.59 Å². The van der Waals surface area contributed by atoms with Crippen LogP contribution in [0, 0.1) is 5.92 Å². The fourth-order valence-corrected chi connectivity index (χ4v) is 1.72. The van der Waals surface area contributed by atoms with Crippen molar-refractivity contribution >= 4 is 18.0 Å². The van der Waals surface area contributed by atoms with Gasteiger partial charge in [-0.3, -0.25) is 4.79 Å². The topological polar surface area (TPSA) is 70.6 Å². The Balaban J connectivity index is 2.50. The molecular weight excluding hydrogens is 254 g/mol. The quantitative estimate of drug-likeness (QED) is 0.618. The molecule has 5 heteroatoms. The summed E-state index contributed by atoms with van der Waals surface area (Å²) in [5.41, 5.74) is 3.25. The number of hydrogen-bond donors (Lipinski definition) is 2. The number of Topliss-reactive ketones (excluding diaryl/α,β-unsaturated/α-hetero) is 1. The monoisotopic (exact) mass is 275 g/mol. The van der Waals surface area contributed by atoms with Gasteiger partial charge in [-0.2, -0.15) is 5.10 Å². The first kappa shape index (κ1) is 15.9. The summed E-state index contributed by atoms with van der Waals surface area (Å²) in [7, 11) is 0. The minimum absolute atomic E-state index is 0.0159. The normalized spacial score (nSPS) is 12.4. The van der Waals surface area contributed by atoms with E-state index in [1.54, 1.807) is 13.1 Å². The Hall–Kier alpha value is -2.17. The molecule has 2 amide bonds. The van der Waals surface area contributed by atoms with Gasteiger partial charge in [0.25, 0.3) is 0 Å². The second kappa shape index (κ2) is 8.09. The van der Waals surface area contributed by atoms with Crippen LogP contribution in [0.5, 0.6) is 0 Å². The Labute approximate surface area is 119 Å². The number of urea groups is 1. The van der Waals surface area contributed by atoms with E-state index in [0.717, 1.165) is 5.56 Å². The predicted octanol–water partition coefficient (Wildman–Crippen LogP) is 2.32. The Morgan fingerprint density at radius 3 is 2.45 bits per heavy atom. The summed E-state index contributed by atoms with van der Waals surface area (Å²) in [6.07, 6.45) is 1.95. The van der Waals surface area contributed by atoms with Gasteiger partial charge in [0.05, 0.1) is 12.3 Å². The first-order valence-corrected chi connectivity index (χ1v) is 6.72. The summed E-state index contributed by atoms with van der Waals surface area (Å²) in [6, 6.07) is 8.47. The van der Waals surface area contributed by atoms with Gasteiger partial charge >= 0.3 is 6.03 Å². The molecule has 0 aliphatic heterocycles. The van der Waals surface area contributed by atoms with Crippen LogP contribution in [-0.4, -0.2) is 24.1 Å². The van der Waals surface area contributed by atoms with Crippen molar-refractivity contribution in [3.05, 3.63) is 35.9 Å². The lowest BCUT2D eigenvalue weighted by Crippen LogP contribution is -2.47. The van der Waals surface area contributed by atoms with Crippen molar-refractivity contribution in [1.29, 1.82) is 0 Å². The third kappa shape index (κ3) is 5.22. The highest BCUT2D eigenvalue weighted by molar-refractivity contribution is 5.89. The number of carbonyl (C=O) groups excluding carboxylic acids is 2. The van der Waals surface area contributed by atoms with Crippen LogP contribution >= 0.6 is 0 Å². The van der Waals surface area contributed by atoms with Gasteiger partial charge in [-0.05, 0) is 11.5 Å². The Morgan fingerprint density at radius 2 is 1.90 bits per heavy atom. The molecule has 0 bridgehead atoms. The lowest BCUT2D eigenvalue weighted by atomic mass is 9.99. The molecule has 0 saturated heterocycles. The van der Waals surface area contributed by atoms with Crippen molar-refractivity contribution in [2.24, 2.45) is 11.0 Å². The molecule has 0 spiro atoms. The second-order valence-electron chi connectivity index (χ2n) is 4.80. The van der Waals surface area contributed by atoms with Gasteiger partial charge in [0.15, 0.2) is 5.78 Å². The molecule has 0 aromatic heterocycles. The molecule has 0 aliphatic rings. The van der Waals surface area contributed by atoms with Crippen molar-refractivity contribution in [2.75, 3.05) is 0 Å². The van der Waals surface area contributed by atoms with Crippen molar-refractivity contribution in [3.63, 3.8) is 0 Å². The molecule has 5 nitrogen and oxygen atoms in total. The number of ketones is 1. The van der Waals surface area contributed by atoms with E-state index < -0.39 is 12.1 Å². The number of amides is 2. The van der Waals surface area contributed by atoms with E-state index in [-0.39, 0.29) is 11.7 Å².